The number of nitrogens with zero attached hydrogens (tertiary/aromatic N) is 4. The first-order valence-corrected chi connectivity index (χ1v) is 10.6. The Balaban J connectivity index is 1.56. The van der Waals surface area contributed by atoms with Crippen molar-refractivity contribution in [3.05, 3.63) is 60.2 Å². The zero-order valence-electron chi connectivity index (χ0n) is 17.7. The summed E-state index contributed by atoms with van der Waals surface area (Å²) in [7, 11) is 7.56. The number of rotatable bonds is 9. The fourth-order valence-electron chi connectivity index (χ4n) is 3.10. The number of carbonyl (C=O) groups is 1. The van der Waals surface area contributed by atoms with Crippen LogP contribution in [0.15, 0.2) is 59.8 Å². The van der Waals surface area contributed by atoms with Crippen LogP contribution in [0.4, 0.5) is 0 Å². The highest BCUT2D eigenvalue weighted by molar-refractivity contribution is 7.99. The number of hydrogen-bond acceptors (Lipinski definition) is 6. The Bertz CT molecular complexity index is 957. The fourth-order valence-corrected chi connectivity index (χ4v) is 3.84. The Morgan fingerprint density at radius 1 is 1.13 bits per heavy atom. The molecule has 0 spiro atoms. The third-order valence-corrected chi connectivity index (χ3v) is 5.84. The summed E-state index contributed by atoms with van der Waals surface area (Å²) in [6.07, 6.45) is 0. The average molecular weight is 426 g/mol. The van der Waals surface area contributed by atoms with Crippen LogP contribution in [0.25, 0.3) is 11.4 Å². The fraction of sp³-hybridized carbons (Fsp3) is 0.318. The van der Waals surface area contributed by atoms with Crippen molar-refractivity contribution < 1.29 is 9.53 Å². The van der Waals surface area contributed by atoms with E-state index in [-0.39, 0.29) is 17.7 Å². The molecule has 1 N–H and O–H groups in total. The van der Waals surface area contributed by atoms with E-state index in [9.17, 15) is 4.79 Å². The van der Waals surface area contributed by atoms with Gasteiger partial charge in [-0.3, -0.25) is 4.79 Å². The predicted octanol–water partition coefficient (Wildman–Crippen LogP) is 3.00. The molecule has 0 bridgehead atoms. The minimum absolute atomic E-state index is 0.0308. The Hall–Kier alpha value is -2.84. The summed E-state index contributed by atoms with van der Waals surface area (Å²) in [4.78, 5) is 14.5. The zero-order valence-corrected chi connectivity index (χ0v) is 18.5. The van der Waals surface area contributed by atoms with Crippen molar-refractivity contribution in [3.8, 4) is 17.1 Å². The van der Waals surface area contributed by atoms with Gasteiger partial charge in [-0.15, -0.1) is 10.2 Å². The van der Waals surface area contributed by atoms with Crippen LogP contribution < -0.4 is 10.1 Å². The second-order valence-electron chi connectivity index (χ2n) is 7.08. The maximum Gasteiger partial charge on any atom is 0.230 e. The molecule has 0 saturated carbocycles. The van der Waals surface area contributed by atoms with Gasteiger partial charge < -0.3 is 19.5 Å². The van der Waals surface area contributed by atoms with E-state index in [0.29, 0.717) is 11.7 Å². The molecule has 0 saturated heterocycles. The molecule has 0 unspecified atom stereocenters. The summed E-state index contributed by atoms with van der Waals surface area (Å²) in [6.45, 7) is 0.548. The molecule has 3 rings (SSSR count). The van der Waals surface area contributed by atoms with Gasteiger partial charge >= 0.3 is 0 Å². The van der Waals surface area contributed by atoms with E-state index in [1.807, 2.05) is 68.2 Å². The van der Waals surface area contributed by atoms with Crippen LogP contribution in [0.3, 0.4) is 0 Å². The molecule has 1 atom stereocenters. The van der Waals surface area contributed by atoms with Gasteiger partial charge in [-0.2, -0.15) is 0 Å². The number of ether oxygens (including phenoxy) is 1. The van der Waals surface area contributed by atoms with Crippen LogP contribution in [-0.2, 0) is 11.8 Å². The van der Waals surface area contributed by atoms with E-state index in [1.165, 1.54) is 17.3 Å². The first-order valence-electron chi connectivity index (χ1n) is 9.64. The molecule has 1 amide bonds. The Morgan fingerprint density at radius 2 is 1.83 bits per heavy atom. The van der Waals surface area contributed by atoms with Crippen LogP contribution >= 0.6 is 11.8 Å². The number of hydrogen-bond donors (Lipinski definition) is 1. The van der Waals surface area contributed by atoms with Gasteiger partial charge in [0.25, 0.3) is 0 Å². The quantitative estimate of drug-likeness (QED) is 0.532. The van der Waals surface area contributed by atoms with Gasteiger partial charge in [-0.1, -0.05) is 42.1 Å². The van der Waals surface area contributed by atoms with Gasteiger partial charge in [-0.25, -0.2) is 0 Å². The van der Waals surface area contributed by atoms with Crippen LogP contribution in [0.5, 0.6) is 5.75 Å². The summed E-state index contributed by atoms with van der Waals surface area (Å²) >= 11 is 1.37. The van der Waals surface area contributed by atoms with Crippen molar-refractivity contribution in [2.24, 2.45) is 7.05 Å². The van der Waals surface area contributed by atoms with Crippen LogP contribution in [-0.4, -0.2) is 59.1 Å². The highest BCUT2D eigenvalue weighted by atomic mass is 32.2. The first kappa shape index (κ1) is 21.9. The molecule has 1 aromatic heterocycles. The first-order chi connectivity index (χ1) is 14.5. The summed E-state index contributed by atoms with van der Waals surface area (Å²) in [5, 5.41) is 12.2. The molecule has 0 aliphatic heterocycles. The van der Waals surface area contributed by atoms with Crippen LogP contribution in [0.1, 0.15) is 11.6 Å². The zero-order chi connectivity index (χ0) is 21.5. The molecule has 7 nitrogen and oxygen atoms in total. The van der Waals surface area contributed by atoms with Gasteiger partial charge in [0.15, 0.2) is 11.0 Å². The molecule has 0 aliphatic rings. The average Bonchev–Trinajstić information content (AvgIpc) is 3.13. The molecule has 1 heterocycles. The summed E-state index contributed by atoms with van der Waals surface area (Å²) in [6, 6.07) is 17.9. The van der Waals surface area contributed by atoms with Gasteiger partial charge in [0.2, 0.25) is 5.91 Å². The van der Waals surface area contributed by atoms with Crippen LogP contribution in [0, 0.1) is 0 Å². The van der Waals surface area contributed by atoms with Gasteiger partial charge in [0, 0.05) is 19.2 Å². The summed E-state index contributed by atoms with van der Waals surface area (Å²) in [5.74, 6) is 1.79. The molecular formula is C22H27N5O2S. The Morgan fingerprint density at radius 3 is 2.47 bits per heavy atom. The Kier molecular flexibility index (Phi) is 7.48. The third kappa shape index (κ3) is 5.40. The SMILES string of the molecule is COc1ccc(-c2nnc(SCC(=O)NC[C@@H](c3ccccc3)N(C)C)n2C)cc1. The van der Waals surface area contributed by atoms with Gasteiger partial charge in [0.1, 0.15) is 5.75 Å². The van der Waals surface area contributed by atoms with E-state index in [4.69, 9.17) is 4.74 Å². The lowest BCUT2D eigenvalue weighted by atomic mass is 10.1. The van der Waals surface area contributed by atoms with E-state index in [2.05, 4.69) is 32.5 Å². The minimum Gasteiger partial charge on any atom is -0.497 e. The topological polar surface area (TPSA) is 72.3 Å². The normalized spacial score (nSPS) is 12.0. The highest BCUT2D eigenvalue weighted by Crippen LogP contribution is 2.24. The number of methoxy groups -OCH3 is 1. The summed E-state index contributed by atoms with van der Waals surface area (Å²) in [5.41, 5.74) is 2.12. The molecule has 8 heteroatoms. The molecule has 3 aromatic rings. The molecule has 158 valence electrons. The smallest absolute Gasteiger partial charge is 0.230 e. The predicted molar refractivity (Wildman–Crippen MR) is 120 cm³/mol. The molecule has 0 fully saturated rings. The van der Waals surface area contributed by atoms with E-state index in [0.717, 1.165) is 17.1 Å². The lowest BCUT2D eigenvalue weighted by Crippen LogP contribution is -2.35. The maximum absolute atomic E-state index is 12.4. The van der Waals surface area contributed by atoms with Crippen molar-refractivity contribution in [1.82, 2.24) is 25.0 Å². The number of nitrogens with one attached hydrogen (secondary N) is 1. The van der Waals surface area contributed by atoms with E-state index in [1.54, 1.807) is 7.11 Å². The molecule has 0 radical (unpaired) electrons. The standard InChI is InChI=1S/C22H27N5O2S/c1-26(2)19(16-8-6-5-7-9-16)14-23-20(28)15-30-22-25-24-21(27(22)3)17-10-12-18(29-4)13-11-17/h5-13,19H,14-15H2,1-4H3,(H,23,28)/t19-/m0/s1. The number of aromatic nitrogens is 3. The second kappa shape index (κ2) is 10.3. The largest absolute Gasteiger partial charge is 0.497 e. The number of likely N-dealkylation sites (N-methyl/N-ethyl adjacent to an activating group) is 1. The van der Waals surface area contributed by atoms with Crippen molar-refractivity contribution in [1.29, 1.82) is 0 Å². The van der Waals surface area contributed by atoms with Crippen molar-refractivity contribution >= 4 is 17.7 Å². The van der Waals surface area contributed by atoms with Crippen LogP contribution in [0.2, 0.25) is 0 Å². The lowest BCUT2D eigenvalue weighted by Gasteiger charge is -2.25. The third-order valence-electron chi connectivity index (χ3n) is 4.82. The van der Waals surface area contributed by atoms with Crippen molar-refractivity contribution in [2.45, 2.75) is 11.2 Å². The van der Waals surface area contributed by atoms with E-state index >= 15 is 0 Å². The number of amides is 1. The number of carbonyl (C=O) groups excluding carboxylic acids is 1. The summed E-state index contributed by atoms with van der Waals surface area (Å²) < 4.78 is 7.09. The van der Waals surface area contributed by atoms with E-state index < -0.39 is 0 Å². The molecule has 2 aromatic carbocycles. The molecule has 0 aliphatic carbocycles. The highest BCUT2D eigenvalue weighted by Gasteiger charge is 2.16. The maximum atomic E-state index is 12.4. The Labute approximate surface area is 181 Å². The van der Waals surface area contributed by atoms with Gasteiger partial charge in [0.05, 0.1) is 18.9 Å². The minimum atomic E-state index is -0.0308. The number of thioether (sulfide) groups is 1. The van der Waals surface area contributed by atoms with Gasteiger partial charge in [-0.05, 0) is 43.9 Å². The van der Waals surface area contributed by atoms with Crippen molar-refractivity contribution in [2.75, 3.05) is 33.5 Å². The molecular weight excluding hydrogens is 398 g/mol. The molecule has 30 heavy (non-hydrogen) atoms. The second-order valence-corrected chi connectivity index (χ2v) is 8.02. The monoisotopic (exact) mass is 425 g/mol. The lowest BCUT2D eigenvalue weighted by molar-refractivity contribution is -0.118. The number of benzene rings is 2. The van der Waals surface area contributed by atoms with Crippen molar-refractivity contribution in [3.63, 3.8) is 0 Å².